The first-order valence-corrected chi connectivity index (χ1v) is 11.2. The van der Waals surface area contributed by atoms with E-state index in [0.717, 1.165) is 66.4 Å². The number of fused-ring (bicyclic) bond motifs is 2. The average molecular weight is 400 g/mol. The van der Waals surface area contributed by atoms with Crippen LogP contribution in [0.4, 0.5) is 0 Å². The Morgan fingerprint density at radius 1 is 1.14 bits per heavy atom. The van der Waals surface area contributed by atoms with Crippen molar-refractivity contribution in [1.82, 2.24) is 14.9 Å². The highest BCUT2D eigenvalue weighted by Crippen LogP contribution is 2.46. The molecule has 1 aromatic heterocycles. The Hall–Kier alpha value is -1.63. The number of nitrogens with zero attached hydrogens (tertiary/aromatic N) is 3. The lowest BCUT2D eigenvalue weighted by molar-refractivity contribution is -0.0595. The van der Waals surface area contributed by atoms with Crippen LogP contribution in [0.2, 0.25) is 0 Å². The number of methoxy groups -OCH3 is 1. The number of hydrogen-bond donors (Lipinski definition) is 1. The van der Waals surface area contributed by atoms with Crippen molar-refractivity contribution in [2.45, 2.75) is 68.4 Å². The molecule has 2 aliphatic heterocycles. The number of ether oxygens (including phenoxy) is 1. The van der Waals surface area contributed by atoms with Gasteiger partial charge in [-0.3, -0.25) is 4.90 Å². The summed E-state index contributed by atoms with van der Waals surface area (Å²) in [6, 6.07) is 8.71. The van der Waals surface area contributed by atoms with Gasteiger partial charge >= 0.3 is 0 Å². The topological polar surface area (TPSA) is 58.5 Å². The molecular weight excluding hydrogens is 370 g/mol. The van der Waals surface area contributed by atoms with Crippen molar-refractivity contribution < 1.29 is 9.84 Å². The van der Waals surface area contributed by atoms with E-state index in [4.69, 9.17) is 4.74 Å². The smallest absolute Gasteiger partial charge is 0.187 e. The summed E-state index contributed by atoms with van der Waals surface area (Å²) in [5.74, 6) is 1.88. The zero-order valence-corrected chi connectivity index (χ0v) is 17.5. The average Bonchev–Trinajstić information content (AvgIpc) is 2.97. The van der Waals surface area contributed by atoms with Crippen molar-refractivity contribution in [3.8, 4) is 5.75 Å². The highest BCUT2D eigenvalue weighted by atomic mass is 32.2. The lowest BCUT2D eigenvalue weighted by Crippen LogP contribution is -2.49. The number of benzene rings is 1. The van der Waals surface area contributed by atoms with E-state index in [1.165, 1.54) is 0 Å². The van der Waals surface area contributed by atoms with Crippen LogP contribution in [0.1, 0.15) is 50.2 Å². The molecule has 150 valence electrons. The molecule has 2 saturated heterocycles. The molecule has 2 aliphatic rings. The predicted octanol–water partition coefficient (Wildman–Crippen LogP) is 4.00. The van der Waals surface area contributed by atoms with Gasteiger partial charge in [0.05, 0.1) is 12.7 Å². The van der Waals surface area contributed by atoms with Gasteiger partial charge in [-0.2, -0.15) is 0 Å². The van der Waals surface area contributed by atoms with Crippen LogP contribution in [0, 0.1) is 0 Å². The van der Waals surface area contributed by atoms with Gasteiger partial charge in [0.25, 0.3) is 0 Å². The highest BCUT2D eigenvalue weighted by Gasteiger charge is 2.48. The monoisotopic (exact) mass is 399 g/mol. The number of aromatic nitrogens is 2. The quantitative estimate of drug-likeness (QED) is 0.561. The van der Waals surface area contributed by atoms with Gasteiger partial charge in [0.15, 0.2) is 5.16 Å². The Balaban J connectivity index is 1.43. The van der Waals surface area contributed by atoms with E-state index < -0.39 is 5.60 Å². The SMILES string of the molecule is CCCSc1ncc(CN2[C@@H]3CC[C@@H]2CC(O)(c2ccc(OC)cc2)C3)cn1. The van der Waals surface area contributed by atoms with Crippen LogP contribution in [0.15, 0.2) is 41.8 Å². The Kier molecular flexibility index (Phi) is 5.90. The molecule has 2 bridgehead atoms. The summed E-state index contributed by atoms with van der Waals surface area (Å²) >= 11 is 1.71. The molecule has 0 unspecified atom stereocenters. The van der Waals surface area contributed by atoms with E-state index >= 15 is 0 Å². The number of hydrogen-bond acceptors (Lipinski definition) is 6. The fourth-order valence-corrected chi connectivity index (χ4v) is 5.26. The second kappa shape index (κ2) is 8.39. The summed E-state index contributed by atoms with van der Waals surface area (Å²) in [6.07, 6.45) is 8.92. The summed E-state index contributed by atoms with van der Waals surface area (Å²) < 4.78 is 5.25. The third-order valence-corrected chi connectivity index (χ3v) is 7.11. The van der Waals surface area contributed by atoms with Crippen LogP contribution in [0.3, 0.4) is 0 Å². The summed E-state index contributed by atoms with van der Waals surface area (Å²) in [5.41, 5.74) is 1.42. The molecule has 6 heteroatoms. The molecule has 28 heavy (non-hydrogen) atoms. The largest absolute Gasteiger partial charge is 0.497 e. The minimum absolute atomic E-state index is 0.403. The van der Waals surface area contributed by atoms with Crippen molar-refractivity contribution in [1.29, 1.82) is 0 Å². The van der Waals surface area contributed by atoms with E-state index in [2.05, 4.69) is 21.8 Å². The number of rotatable bonds is 7. The maximum absolute atomic E-state index is 11.4. The van der Waals surface area contributed by atoms with Crippen molar-refractivity contribution >= 4 is 11.8 Å². The first kappa shape index (κ1) is 19.7. The second-order valence-corrected chi connectivity index (χ2v) is 9.01. The minimum atomic E-state index is -0.744. The predicted molar refractivity (Wildman–Crippen MR) is 112 cm³/mol. The Labute approximate surface area is 171 Å². The van der Waals surface area contributed by atoms with Crippen LogP contribution >= 0.6 is 11.8 Å². The number of thioether (sulfide) groups is 1. The summed E-state index contributed by atoms with van der Waals surface area (Å²) in [7, 11) is 1.67. The van der Waals surface area contributed by atoms with Crippen LogP contribution in [0.5, 0.6) is 5.75 Å². The molecule has 0 amide bonds. The number of piperidine rings is 1. The lowest BCUT2D eigenvalue weighted by atomic mass is 9.80. The Morgan fingerprint density at radius 2 is 1.79 bits per heavy atom. The molecule has 0 aliphatic carbocycles. The van der Waals surface area contributed by atoms with Gasteiger partial charge in [-0.1, -0.05) is 30.8 Å². The van der Waals surface area contributed by atoms with Gasteiger partial charge < -0.3 is 9.84 Å². The Bertz CT molecular complexity index is 767. The lowest BCUT2D eigenvalue weighted by Gasteiger charge is -2.44. The van der Waals surface area contributed by atoms with Crippen LogP contribution in [-0.2, 0) is 12.1 Å². The standard InChI is InChI=1S/C22H29N3O2S/c1-3-10-28-21-23-13-16(14-24-21)15-25-18-6-7-19(25)12-22(26,11-18)17-4-8-20(27-2)9-5-17/h4-5,8-9,13-14,18-19,26H,3,6-7,10-12,15H2,1-2H3/t18-,19-/m1/s1. The molecule has 1 aromatic carbocycles. The highest BCUT2D eigenvalue weighted by molar-refractivity contribution is 7.99. The first-order valence-electron chi connectivity index (χ1n) is 10.2. The molecule has 2 aromatic rings. The second-order valence-electron chi connectivity index (χ2n) is 7.95. The molecule has 5 nitrogen and oxygen atoms in total. The molecule has 0 spiro atoms. The molecular formula is C22H29N3O2S. The van der Waals surface area contributed by atoms with E-state index in [1.54, 1.807) is 18.9 Å². The van der Waals surface area contributed by atoms with E-state index in [0.29, 0.717) is 12.1 Å². The molecule has 3 heterocycles. The van der Waals surface area contributed by atoms with Crippen molar-refractivity contribution in [3.05, 3.63) is 47.8 Å². The van der Waals surface area contributed by atoms with Gasteiger partial charge in [-0.15, -0.1) is 0 Å². The summed E-state index contributed by atoms with van der Waals surface area (Å²) in [5, 5.41) is 12.3. The molecule has 2 atom stereocenters. The van der Waals surface area contributed by atoms with Gasteiger partial charge in [-0.05, 0) is 49.8 Å². The third-order valence-electron chi connectivity index (χ3n) is 6.03. The van der Waals surface area contributed by atoms with Crippen molar-refractivity contribution in [2.24, 2.45) is 0 Å². The van der Waals surface area contributed by atoms with Gasteiger partial charge in [-0.25, -0.2) is 9.97 Å². The van der Waals surface area contributed by atoms with Crippen molar-refractivity contribution in [2.75, 3.05) is 12.9 Å². The van der Waals surface area contributed by atoms with Crippen molar-refractivity contribution in [3.63, 3.8) is 0 Å². The maximum atomic E-state index is 11.4. The molecule has 0 saturated carbocycles. The number of aliphatic hydroxyl groups is 1. The molecule has 1 N–H and O–H groups in total. The summed E-state index contributed by atoms with van der Waals surface area (Å²) in [6.45, 7) is 3.04. The zero-order valence-electron chi connectivity index (χ0n) is 16.7. The minimum Gasteiger partial charge on any atom is -0.497 e. The molecule has 4 rings (SSSR count). The van der Waals surface area contributed by atoms with Gasteiger partial charge in [0, 0.05) is 42.3 Å². The fraction of sp³-hybridized carbons (Fsp3) is 0.545. The maximum Gasteiger partial charge on any atom is 0.187 e. The first-order chi connectivity index (χ1) is 13.6. The van der Waals surface area contributed by atoms with E-state index in [1.807, 2.05) is 36.7 Å². The van der Waals surface area contributed by atoms with Gasteiger partial charge in [0.2, 0.25) is 0 Å². The third kappa shape index (κ3) is 4.04. The zero-order chi connectivity index (χ0) is 19.6. The Morgan fingerprint density at radius 3 is 2.36 bits per heavy atom. The van der Waals surface area contributed by atoms with Crippen LogP contribution in [0.25, 0.3) is 0 Å². The fourth-order valence-electron chi connectivity index (χ4n) is 4.61. The summed E-state index contributed by atoms with van der Waals surface area (Å²) in [4.78, 5) is 11.6. The van der Waals surface area contributed by atoms with E-state index in [9.17, 15) is 5.11 Å². The normalized spacial score (nSPS) is 27.1. The molecule has 0 radical (unpaired) electrons. The molecule has 2 fully saturated rings. The van der Waals surface area contributed by atoms with Crippen LogP contribution in [-0.4, -0.2) is 44.9 Å². The van der Waals surface area contributed by atoms with Gasteiger partial charge in [0.1, 0.15) is 5.75 Å². The van der Waals surface area contributed by atoms with E-state index in [-0.39, 0.29) is 0 Å². The van der Waals surface area contributed by atoms with Crippen LogP contribution < -0.4 is 4.74 Å².